The molecule has 7 nitrogen and oxygen atoms in total. The first-order valence-electron chi connectivity index (χ1n) is 4.38. The maximum atomic E-state index is 10.4. The first kappa shape index (κ1) is 12.0. The summed E-state index contributed by atoms with van der Waals surface area (Å²) >= 11 is 4.20. The van der Waals surface area contributed by atoms with Crippen LogP contribution >= 0.6 is 27.7 Å². The summed E-state index contributed by atoms with van der Waals surface area (Å²) < 4.78 is 6.78. The molecule has 0 aromatic carbocycles. The number of thioether (sulfide) groups is 1. The Balaban J connectivity index is 2.27. The van der Waals surface area contributed by atoms with Gasteiger partial charge in [0.2, 0.25) is 5.16 Å². The first-order valence-corrected chi connectivity index (χ1v) is 6.16. The molecule has 2 aromatic rings. The Morgan fingerprint density at radius 3 is 3.00 bits per heavy atom. The van der Waals surface area contributed by atoms with Gasteiger partial charge < -0.3 is 15.4 Å². The lowest BCUT2D eigenvalue weighted by atomic mass is 10.3. The molecule has 0 fully saturated rings. The summed E-state index contributed by atoms with van der Waals surface area (Å²) in [5, 5.41) is 16.6. The van der Waals surface area contributed by atoms with Gasteiger partial charge >= 0.3 is 5.97 Å². The Hall–Kier alpha value is -1.48. The molecule has 0 atom stereocenters. The molecular formula is C8H7BrN4O3S. The number of rotatable bonds is 4. The predicted octanol–water partition coefficient (Wildman–Crippen LogP) is 1.19. The third-order valence-electron chi connectivity index (χ3n) is 1.85. The largest absolute Gasteiger partial charge is 0.481 e. The number of nitrogens with zero attached hydrogens (tertiary/aromatic N) is 3. The van der Waals surface area contributed by atoms with E-state index in [4.69, 9.17) is 15.4 Å². The topological polar surface area (TPSA) is 107 Å². The van der Waals surface area contributed by atoms with Crippen LogP contribution in [0.15, 0.2) is 26.6 Å². The molecule has 17 heavy (non-hydrogen) atoms. The van der Waals surface area contributed by atoms with E-state index in [0.29, 0.717) is 21.2 Å². The zero-order valence-corrected chi connectivity index (χ0v) is 10.7. The van der Waals surface area contributed by atoms with E-state index in [9.17, 15) is 4.79 Å². The summed E-state index contributed by atoms with van der Waals surface area (Å²) in [4.78, 5) is 10.4. The van der Waals surface area contributed by atoms with Crippen LogP contribution in [0.25, 0.3) is 11.4 Å². The minimum Gasteiger partial charge on any atom is -0.481 e. The highest BCUT2D eigenvalue weighted by Gasteiger charge is 2.16. The van der Waals surface area contributed by atoms with E-state index in [1.54, 1.807) is 6.07 Å². The fourth-order valence-corrected chi connectivity index (χ4v) is 2.13. The number of aliphatic carboxylic acids is 1. The van der Waals surface area contributed by atoms with Gasteiger partial charge in [-0.3, -0.25) is 4.79 Å². The maximum Gasteiger partial charge on any atom is 0.313 e. The third kappa shape index (κ3) is 2.44. The Morgan fingerprint density at radius 2 is 2.41 bits per heavy atom. The van der Waals surface area contributed by atoms with Crippen molar-refractivity contribution in [2.24, 2.45) is 0 Å². The van der Waals surface area contributed by atoms with Crippen molar-refractivity contribution in [2.75, 3.05) is 11.6 Å². The van der Waals surface area contributed by atoms with Crippen molar-refractivity contribution >= 4 is 33.7 Å². The lowest BCUT2D eigenvalue weighted by molar-refractivity contribution is -0.133. The van der Waals surface area contributed by atoms with Gasteiger partial charge in [-0.2, -0.15) is 0 Å². The van der Waals surface area contributed by atoms with Crippen LogP contribution < -0.4 is 5.84 Å². The summed E-state index contributed by atoms with van der Waals surface area (Å²) in [6.45, 7) is 0. The van der Waals surface area contributed by atoms with Crippen LogP contribution in [0, 0.1) is 0 Å². The number of carboxylic acids is 1. The SMILES string of the molecule is Nn1c(SCC(=O)O)nnc1-c1ccoc1Br. The second-order valence-electron chi connectivity index (χ2n) is 2.97. The van der Waals surface area contributed by atoms with Crippen LogP contribution in [0.3, 0.4) is 0 Å². The summed E-state index contributed by atoms with van der Waals surface area (Å²) in [5.74, 6) is 5.10. The molecule has 0 unspecified atom stereocenters. The van der Waals surface area contributed by atoms with Crippen molar-refractivity contribution in [3.05, 3.63) is 17.0 Å². The maximum absolute atomic E-state index is 10.4. The number of nitrogen functional groups attached to an aromatic ring is 1. The molecule has 90 valence electrons. The highest BCUT2D eigenvalue weighted by atomic mass is 79.9. The number of hydrogen-bond donors (Lipinski definition) is 2. The standard InChI is InChI=1S/C8H7BrN4O3S/c9-6-4(1-2-16-6)7-11-12-8(13(7)10)17-3-5(14)15/h1-2H,3,10H2,(H,14,15). The van der Waals surface area contributed by atoms with E-state index in [-0.39, 0.29) is 5.75 Å². The number of furan rings is 1. The number of carbonyl (C=O) groups is 1. The van der Waals surface area contributed by atoms with Gasteiger partial charge in [-0.1, -0.05) is 11.8 Å². The molecule has 3 N–H and O–H groups in total. The van der Waals surface area contributed by atoms with Gasteiger partial charge in [-0.25, -0.2) is 4.68 Å². The molecule has 2 heterocycles. The Kier molecular flexibility index (Phi) is 3.38. The van der Waals surface area contributed by atoms with E-state index >= 15 is 0 Å². The predicted molar refractivity (Wildman–Crippen MR) is 63.9 cm³/mol. The molecule has 0 spiro atoms. The summed E-state index contributed by atoms with van der Waals surface area (Å²) in [6, 6.07) is 1.68. The van der Waals surface area contributed by atoms with Crippen molar-refractivity contribution in [2.45, 2.75) is 5.16 Å². The average Bonchev–Trinajstić information content (AvgIpc) is 2.82. The van der Waals surface area contributed by atoms with Gasteiger partial charge in [-0.05, 0) is 22.0 Å². The number of halogens is 1. The molecule has 0 bridgehead atoms. The zero-order valence-electron chi connectivity index (χ0n) is 8.33. The minimum absolute atomic E-state index is 0.123. The number of hydrogen-bond acceptors (Lipinski definition) is 6. The third-order valence-corrected chi connectivity index (χ3v) is 3.39. The minimum atomic E-state index is -0.941. The summed E-state index contributed by atoms with van der Waals surface area (Å²) in [5.41, 5.74) is 0.655. The number of aromatic nitrogens is 3. The van der Waals surface area contributed by atoms with E-state index in [0.717, 1.165) is 11.8 Å². The monoisotopic (exact) mass is 318 g/mol. The number of nitrogens with two attached hydrogens (primary N) is 1. The zero-order chi connectivity index (χ0) is 12.4. The van der Waals surface area contributed by atoms with Gasteiger partial charge in [0.25, 0.3) is 0 Å². The molecule has 0 aliphatic rings. The Bertz CT molecular complexity index is 553. The molecule has 2 rings (SSSR count). The molecule has 0 saturated carbocycles. The molecule has 0 radical (unpaired) electrons. The van der Waals surface area contributed by atoms with Crippen molar-refractivity contribution in [3.8, 4) is 11.4 Å². The lowest BCUT2D eigenvalue weighted by Crippen LogP contribution is -2.12. The van der Waals surface area contributed by atoms with E-state index in [2.05, 4.69) is 26.1 Å². The molecule has 0 amide bonds. The Labute approximate surface area is 108 Å². The van der Waals surface area contributed by atoms with Crippen LogP contribution in [-0.4, -0.2) is 31.7 Å². The molecule has 0 aliphatic heterocycles. The van der Waals surface area contributed by atoms with Crippen LogP contribution in [0.2, 0.25) is 0 Å². The van der Waals surface area contributed by atoms with Gasteiger partial charge in [0.15, 0.2) is 10.5 Å². The fraction of sp³-hybridized carbons (Fsp3) is 0.125. The Morgan fingerprint density at radius 1 is 1.65 bits per heavy atom. The van der Waals surface area contributed by atoms with Crippen LogP contribution in [0.4, 0.5) is 0 Å². The summed E-state index contributed by atoms with van der Waals surface area (Å²) in [6.07, 6.45) is 1.48. The van der Waals surface area contributed by atoms with Crippen molar-refractivity contribution in [1.29, 1.82) is 0 Å². The van der Waals surface area contributed by atoms with Crippen molar-refractivity contribution in [3.63, 3.8) is 0 Å². The second-order valence-corrected chi connectivity index (χ2v) is 4.63. The smallest absolute Gasteiger partial charge is 0.313 e. The van der Waals surface area contributed by atoms with Crippen LogP contribution in [0.1, 0.15) is 0 Å². The van der Waals surface area contributed by atoms with Crippen molar-refractivity contribution in [1.82, 2.24) is 14.9 Å². The van der Waals surface area contributed by atoms with E-state index < -0.39 is 5.97 Å². The second kappa shape index (κ2) is 4.80. The van der Waals surface area contributed by atoms with Gasteiger partial charge in [0.1, 0.15) is 0 Å². The normalized spacial score (nSPS) is 10.6. The highest BCUT2D eigenvalue weighted by Crippen LogP contribution is 2.28. The molecular weight excluding hydrogens is 312 g/mol. The van der Waals surface area contributed by atoms with Crippen LogP contribution in [0.5, 0.6) is 0 Å². The average molecular weight is 319 g/mol. The lowest BCUT2D eigenvalue weighted by Gasteiger charge is -2.00. The van der Waals surface area contributed by atoms with Gasteiger partial charge in [0, 0.05) is 0 Å². The van der Waals surface area contributed by atoms with Gasteiger partial charge in [-0.15, -0.1) is 10.2 Å². The molecule has 0 saturated heterocycles. The van der Waals surface area contributed by atoms with E-state index in [1.807, 2.05) is 0 Å². The summed E-state index contributed by atoms with van der Waals surface area (Å²) in [7, 11) is 0. The molecule has 2 aromatic heterocycles. The fourth-order valence-electron chi connectivity index (χ4n) is 1.14. The molecule has 9 heteroatoms. The molecule has 0 aliphatic carbocycles. The van der Waals surface area contributed by atoms with E-state index in [1.165, 1.54) is 10.9 Å². The van der Waals surface area contributed by atoms with Crippen LogP contribution in [-0.2, 0) is 4.79 Å². The van der Waals surface area contributed by atoms with Gasteiger partial charge in [0.05, 0.1) is 17.6 Å². The number of carboxylic acid groups (broad SMARTS) is 1. The first-order chi connectivity index (χ1) is 8.09. The quantitative estimate of drug-likeness (QED) is 0.644. The van der Waals surface area contributed by atoms with Crippen molar-refractivity contribution < 1.29 is 14.3 Å². The highest BCUT2D eigenvalue weighted by molar-refractivity contribution is 9.10.